The van der Waals surface area contributed by atoms with Crippen LogP contribution in [0.15, 0.2) is 123 Å². The maximum absolute atomic E-state index is 14.4. The Bertz CT molecular complexity index is 1480. The molecule has 0 bridgehead atoms. The molecule has 0 aromatic heterocycles. The molecule has 0 N–H and O–H groups in total. The van der Waals surface area contributed by atoms with E-state index in [1.54, 1.807) is 24.3 Å². The van der Waals surface area contributed by atoms with E-state index in [2.05, 4.69) is 98.7 Å². The molecule has 0 aliphatic heterocycles. The summed E-state index contributed by atoms with van der Waals surface area (Å²) < 4.78 is 35.8. The molecule has 0 heterocycles. The third-order valence-corrected chi connectivity index (χ3v) is 12.5. The van der Waals surface area contributed by atoms with Crippen LogP contribution in [0, 0.1) is 0 Å². The van der Waals surface area contributed by atoms with Crippen LogP contribution in [0.4, 0.5) is 0 Å². The quantitative estimate of drug-likeness (QED) is 0.225. The molecular formula is C36H44O3S2. The van der Waals surface area contributed by atoms with Crippen molar-refractivity contribution in [3.8, 4) is 0 Å². The van der Waals surface area contributed by atoms with Gasteiger partial charge in [0.2, 0.25) is 0 Å². The fourth-order valence-electron chi connectivity index (χ4n) is 5.24. The van der Waals surface area contributed by atoms with Crippen LogP contribution in [0.25, 0.3) is 0 Å². The Balaban J connectivity index is 2.31. The largest absolute Gasteiger partial charge is 0.307 e. The Morgan fingerprint density at radius 1 is 0.439 bits per heavy atom. The predicted molar refractivity (Wildman–Crippen MR) is 173 cm³/mol. The van der Waals surface area contributed by atoms with E-state index in [4.69, 9.17) is 3.63 Å². The number of hydrogen-bond acceptors (Lipinski definition) is 3. The molecule has 3 nitrogen and oxygen atoms in total. The van der Waals surface area contributed by atoms with Crippen molar-refractivity contribution in [2.24, 2.45) is 0 Å². The third-order valence-electron chi connectivity index (χ3n) is 7.24. The van der Waals surface area contributed by atoms with Crippen molar-refractivity contribution in [2.45, 2.75) is 98.1 Å². The van der Waals surface area contributed by atoms with E-state index in [-0.39, 0.29) is 21.1 Å². The minimum absolute atomic E-state index is 0.145. The van der Waals surface area contributed by atoms with E-state index >= 15 is 0 Å². The lowest BCUT2D eigenvalue weighted by Gasteiger charge is -2.46. The van der Waals surface area contributed by atoms with Crippen LogP contribution >= 0.6 is 10.3 Å². The van der Waals surface area contributed by atoms with E-state index in [9.17, 15) is 8.42 Å². The second-order valence-corrected chi connectivity index (χ2v) is 18.0. The molecule has 0 aliphatic carbocycles. The highest BCUT2D eigenvalue weighted by atomic mass is 32.3. The van der Waals surface area contributed by atoms with Gasteiger partial charge in [-0.05, 0) is 73.6 Å². The lowest BCUT2D eigenvalue weighted by Crippen LogP contribution is -2.25. The Hall–Kier alpha value is -2.86. The van der Waals surface area contributed by atoms with Crippen LogP contribution in [0.5, 0.6) is 0 Å². The van der Waals surface area contributed by atoms with E-state index < -0.39 is 20.4 Å². The van der Waals surface area contributed by atoms with Crippen LogP contribution in [-0.4, -0.2) is 8.42 Å². The molecule has 0 aliphatic rings. The van der Waals surface area contributed by atoms with Gasteiger partial charge < -0.3 is 0 Å². The Kier molecular flexibility index (Phi) is 8.41. The topological polar surface area (TPSA) is 43.4 Å². The van der Waals surface area contributed by atoms with Crippen molar-refractivity contribution in [2.75, 3.05) is 0 Å². The summed E-state index contributed by atoms with van der Waals surface area (Å²) in [7, 11) is -7.08. The first-order chi connectivity index (χ1) is 19.0. The molecule has 4 rings (SSSR count). The van der Waals surface area contributed by atoms with Gasteiger partial charge in [0.1, 0.15) is 0 Å². The highest BCUT2D eigenvalue weighted by molar-refractivity contribution is 8.33. The molecule has 0 spiro atoms. The Labute approximate surface area is 249 Å². The smallest absolute Gasteiger partial charge is 0.203 e. The average molecular weight is 589 g/mol. The number of hydrogen-bond donors (Lipinski definition) is 0. The molecule has 0 radical (unpaired) electrons. The summed E-state index contributed by atoms with van der Waals surface area (Å²) in [5, 5.41) is 0. The highest BCUT2D eigenvalue weighted by Gasteiger charge is 2.45. The minimum atomic E-state index is -4.21. The van der Waals surface area contributed by atoms with Crippen LogP contribution < -0.4 is 0 Å². The summed E-state index contributed by atoms with van der Waals surface area (Å²) in [5.74, 6) is 0. The van der Waals surface area contributed by atoms with Gasteiger partial charge in [0.05, 0.1) is 4.90 Å². The maximum Gasteiger partial charge on any atom is 0.307 e. The number of benzene rings is 4. The van der Waals surface area contributed by atoms with Crippen molar-refractivity contribution in [3.05, 3.63) is 120 Å². The van der Waals surface area contributed by atoms with Gasteiger partial charge in [-0.3, -0.25) is 0 Å². The molecule has 218 valence electrons. The van der Waals surface area contributed by atoms with Crippen molar-refractivity contribution >= 4 is 20.4 Å². The van der Waals surface area contributed by atoms with Gasteiger partial charge >= 0.3 is 10.1 Å². The van der Waals surface area contributed by atoms with Gasteiger partial charge in [-0.1, -0.05) is 135 Å². The molecule has 5 heteroatoms. The molecule has 0 atom stereocenters. The van der Waals surface area contributed by atoms with Crippen LogP contribution in [0.1, 0.15) is 79.0 Å². The minimum Gasteiger partial charge on any atom is -0.203 e. The summed E-state index contributed by atoms with van der Waals surface area (Å²) >= 11 is 0. The number of rotatable bonds is 6. The van der Waals surface area contributed by atoms with Crippen molar-refractivity contribution in [3.63, 3.8) is 0 Å². The molecule has 4 aromatic rings. The molecular weight excluding hydrogens is 545 g/mol. The van der Waals surface area contributed by atoms with E-state index in [0.717, 1.165) is 31.4 Å². The summed E-state index contributed by atoms with van der Waals surface area (Å²) in [6.07, 6.45) is 0. The zero-order valence-electron chi connectivity index (χ0n) is 25.9. The first kappa shape index (κ1) is 31.1. The maximum atomic E-state index is 14.4. The third kappa shape index (κ3) is 6.18. The Morgan fingerprint density at radius 3 is 1.05 bits per heavy atom. The monoisotopic (exact) mass is 588 g/mol. The first-order valence-electron chi connectivity index (χ1n) is 14.1. The van der Waals surface area contributed by atoms with E-state index in [1.165, 1.54) is 0 Å². The molecule has 0 amide bonds. The predicted octanol–water partition coefficient (Wildman–Crippen LogP) is 10.2. The first-order valence-corrected chi connectivity index (χ1v) is 17.1. The van der Waals surface area contributed by atoms with E-state index in [1.807, 2.05) is 42.5 Å². The van der Waals surface area contributed by atoms with Crippen molar-refractivity contribution in [1.29, 1.82) is 0 Å². The van der Waals surface area contributed by atoms with Crippen molar-refractivity contribution < 1.29 is 12.0 Å². The Morgan fingerprint density at radius 2 is 0.732 bits per heavy atom. The second kappa shape index (κ2) is 11.1. The highest BCUT2D eigenvalue weighted by Crippen LogP contribution is 2.74. The lowest BCUT2D eigenvalue weighted by atomic mass is 9.87. The van der Waals surface area contributed by atoms with Gasteiger partial charge in [-0.15, -0.1) is 0 Å². The molecule has 0 saturated heterocycles. The second-order valence-electron chi connectivity index (χ2n) is 13.6. The molecule has 4 aromatic carbocycles. The molecule has 0 saturated carbocycles. The van der Waals surface area contributed by atoms with Gasteiger partial charge in [-0.25, -0.2) is 3.63 Å². The van der Waals surface area contributed by atoms with E-state index in [0.29, 0.717) is 0 Å². The standard InChI is InChI=1S/C36H44O3S2/c1-34(2,3)28-21-13-16-24-31(28)40(32-25-17-14-22-29(32)35(4,5)6,33-26-18-15-23-30(33)36(7,8)9)39-41(37,38)27-19-11-10-12-20-27/h10-26H,1-9H3. The fraction of sp³-hybridized carbons (Fsp3) is 0.333. The zero-order chi connectivity index (χ0) is 30.3. The van der Waals surface area contributed by atoms with Crippen LogP contribution in [0.2, 0.25) is 0 Å². The summed E-state index contributed by atoms with van der Waals surface area (Å²) in [5.41, 5.74) is 2.36. The molecule has 0 unspecified atom stereocenters. The fourth-order valence-corrected chi connectivity index (χ4v) is 11.6. The summed E-state index contributed by atoms with van der Waals surface area (Å²) in [6.45, 7) is 19.6. The van der Waals surface area contributed by atoms with Crippen LogP contribution in [0.3, 0.4) is 0 Å². The van der Waals surface area contributed by atoms with Crippen LogP contribution in [-0.2, 0) is 30.0 Å². The summed E-state index contributed by atoms with van der Waals surface area (Å²) in [6, 6.07) is 33.2. The molecule has 41 heavy (non-hydrogen) atoms. The van der Waals surface area contributed by atoms with Gasteiger partial charge in [0.25, 0.3) is 0 Å². The normalized spacial score (nSPS) is 13.7. The zero-order valence-corrected chi connectivity index (χ0v) is 27.5. The molecule has 0 fully saturated rings. The lowest BCUT2D eigenvalue weighted by molar-refractivity contribution is 0.500. The van der Waals surface area contributed by atoms with Gasteiger partial charge in [-0.2, -0.15) is 8.42 Å². The SMILES string of the molecule is CC(C)(C)c1ccccc1S(OS(=O)(=O)c1ccccc1)(c1ccccc1C(C)(C)C)c1ccccc1C(C)(C)C. The van der Waals surface area contributed by atoms with Crippen molar-refractivity contribution in [1.82, 2.24) is 0 Å². The summed E-state index contributed by atoms with van der Waals surface area (Å²) in [4.78, 5) is 2.85. The average Bonchev–Trinajstić information content (AvgIpc) is 2.91. The van der Waals surface area contributed by atoms with Gasteiger partial charge in [0, 0.05) is 14.7 Å². The van der Waals surface area contributed by atoms with Gasteiger partial charge in [0.15, 0.2) is 0 Å².